The Morgan fingerprint density at radius 3 is 1.26 bits per heavy atom. The molecule has 10 aromatic rings. The fraction of sp³-hybridized carbons (Fsp3) is 0.395. The molecule has 10 heterocycles. The zero-order valence-electron chi connectivity index (χ0n) is 55.8. The molecule has 4 aliphatic heterocycles. The first-order valence-corrected chi connectivity index (χ1v) is 35.2. The summed E-state index contributed by atoms with van der Waals surface area (Å²) in [4.78, 5) is 105. The maximum absolute atomic E-state index is 14.5. The number of aromatic nitrogens is 10. The average Bonchev–Trinajstić information content (AvgIpc) is 0.921. The van der Waals surface area contributed by atoms with Gasteiger partial charge < -0.3 is 29.2 Å². The van der Waals surface area contributed by atoms with Crippen LogP contribution >= 0.6 is 0 Å². The van der Waals surface area contributed by atoms with E-state index in [1.165, 1.54) is 29.4 Å². The van der Waals surface area contributed by atoms with Crippen LogP contribution in [0.2, 0.25) is 0 Å². The molecule has 100 heavy (non-hydrogen) atoms. The van der Waals surface area contributed by atoms with Gasteiger partial charge in [0.05, 0.1) is 61.0 Å². The summed E-state index contributed by atoms with van der Waals surface area (Å²) in [5.41, 5.74) is 6.18. The Bertz CT molecular complexity index is 4580. The van der Waals surface area contributed by atoms with Gasteiger partial charge >= 0.3 is 11.4 Å². The molecule has 0 radical (unpaired) electrons. The van der Waals surface area contributed by atoms with E-state index in [1.807, 2.05) is 48.8 Å². The van der Waals surface area contributed by atoms with Gasteiger partial charge in [-0.15, -0.1) is 0 Å². The van der Waals surface area contributed by atoms with Crippen LogP contribution in [-0.4, -0.2) is 134 Å². The van der Waals surface area contributed by atoms with Crippen LogP contribution < -0.4 is 33.1 Å². The second-order valence-corrected chi connectivity index (χ2v) is 27.3. The third-order valence-corrected chi connectivity index (χ3v) is 20.7. The number of morpholine rings is 2. The van der Waals surface area contributed by atoms with Crippen molar-refractivity contribution < 1.29 is 27.8 Å². The Labute approximate surface area is 574 Å². The topological polar surface area (TPSA) is 233 Å². The lowest BCUT2D eigenvalue weighted by Gasteiger charge is -2.30. The van der Waals surface area contributed by atoms with E-state index >= 15 is 0 Å². The highest BCUT2D eigenvalue weighted by molar-refractivity contribution is 5.93. The molecule has 0 bridgehead atoms. The molecule has 4 aromatic carbocycles. The number of hydrogen-bond acceptors (Lipinski definition) is 14. The molecule has 2 N–H and O–H groups in total. The number of benzene rings is 4. The van der Waals surface area contributed by atoms with Gasteiger partial charge in [0.2, 0.25) is 0 Å². The molecule has 0 spiro atoms. The summed E-state index contributed by atoms with van der Waals surface area (Å²) in [6.07, 6.45) is 16.2. The standard InChI is InChI=1S/2C38H40FN7O4/c2*39-28-21-32-35(40-22-28)45(31-5-3-4-27(20-31)26-9-7-25(8-10-26)23-43-16-18-50-19-17-43)38(49)46(37(32)48)30-13-11-29(12-14-30)41-36(47)33-24-44-15-2-1-6-34(44)42-33/h2*3-5,7-10,20-22,24,29-30H,1-2,6,11-19,23H2,(H,41,47). The molecule has 24 heteroatoms. The van der Waals surface area contributed by atoms with E-state index < -0.39 is 46.2 Å². The van der Waals surface area contributed by atoms with Crippen LogP contribution in [0.25, 0.3) is 55.7 Å². The molecule has 0 unspecified atom stereocenters. The number of nitrogens with one attached hydrogen (secondary N) is 2. The molecule has 2 amide bonds. The Balaban J connectivity index is 0.000000162. The number of amides is 2. The lowest BCUT2D eigenvalue weighted by molar-refractivity contribution is 0.0341. The number of carbonyl (C=O) groups excluding carboxylic acids is 2. The number of carbonyl (C=O) groups is 2. The predicted octanol–water partition coefficient (Wildman–Crippen LogP) is 9.26. The van der Waals surface area contributed by atoms with Crippen molar-refractivity contribution in [3.05, 3.63) is 221 Å². The van der Waals surface area contributed by atoms with Crippen molar-refractivity contribution in [1.29, 1.82) is 0 Å². The molecular weight excluding hydrogens is 1270 g/mol. The van der Waals surface area contributed by atoms with Crippen molar-refractivity contribution >= 4 is 33.9 Å². The number of fused-ring (bicyclic) bond motifs is 4. The zero-order valence-corrected chi connectivity index (χ0v) is 55.8. The fourth-order valence-corrected chi connectivity index (χ4v) is 15.3. The Kier molecular flexibility index (Phi) is 19.2. The van der Waals surface area contributed by atoms with Gasteiger partial charge in [-0.1, -0.05) is 72.8 Å². The first kappa shape index (κ1) is 66.0. The number of pyridine rings is 2. The first-order chi connectivity index (χ1) is 48.8. The van der Waals surface area contributed by atoms with E-state index in [1.54, 1.807) is 12.1 Å². The van der Waals surface area contributed by atoms with Crippen LogP contribution in [0.1, 0.15) is 133 Å². The Hall–Kier alpha value is -9.88. The molecule has 16 rings (SSSR count). The SMILES string of the molecule is O=C(NC1CCC(n2c(=O)c3cc(F)cnc3n(-c3cccc(-c4ccc(CN5CCOCC5)cc4)c3)c2=O)CC1)c1cn2c(n1)CCCC2.O=C(NC1CCC(n2c(=O)c3cc(F)cnc3n(-c3cccc(-c4ccc(CN5CCOCC5)cc4)c3)c2=O)CC1)c1cn2c(n1)CCCC2. The molecule has 22 nitrogen and oxygen atoms in total. The van der Waals surface area contributed by atoms with Crippen LogP contribution in [0.15, 0.2) is 153 Å². The van der Waals surface area contributed by atoms with Crippen molar-refractivity contribution in [2.75, 3.05) is 52.6 Å². The maximum Gasteiger partial charge on any atom is 0.337 e. The van der Waals surface area contributed by atoms with E-state index in [0.29, 0.717) is 74.1 Å². The molecule has 2 saturated heterocycles. The van der Waals surface area contributed by atoms with Crippen molar-refractivity contribution in [2.24, 2.45) is 0 Å². The summed E-state index contributed by atoms with van der Waals surface area (Å²) in [7, 11) is 0. The molecule has 6 aliphatic rings. The fourth-order valence-electron chi connectivity index (χ4n) is 15.3. The second kappa shape index (κ2) is 29.1. The maximum atomic E-state index is 14.5. The van der Waals surface area contributed by atoms with E-state index in [-0.39, 0.29) is 46.0 Å². The van der Waals surface area contributed by atoms with Gasteiger partial charge in [-0.2, -0.15) is 0 Å². The van der Waals surface area contributed by atoms with E-state index in [4.69, 9.17) is 9.47 Å². The number of aryl methyl sites for hydroxylation is 4. The minimum atomic E-state index is -0.648. The van der Waals surface area contributed by atoms with Crippen molar-refractivity contribution in [3.63, 3.8) is 0 Å². The lowest BCUT2D eigenvalue weighted by Crippen LogP contribution is -2.45. The van der Waals surface area contributed by atoms with Crippen LogP contribution in [-0.2, 0) is 48.5 Å². The highest BCUT2D eigenvalue weighted by Gasteiger charge is 2.32. The van der Waals surface area contributed by atoms with Crippen LogP contribution in [0, 0.1) is 11.6 Å². The van der Waals surface area contributed by atoms with Gasteiger partial charge in [-0.3, -0.25) is 38.1 Å². The minimum absolute atomic E-state index is 0.0432. The molecular formula is C76H80F2N14O8. The normalized spacial score (nSPS) is 19.7. The van der Waals surface area contributed by atoms with Gasteiger partial charge in [-0.25, -0.2) is 47.4 Å². The smallest absolute Gasteiger partial charge is 0.337 e. The van der Waals surface area contributed by atoms with Gasteiger partial charge in [-0.05, 0) is 147 Å². The third-order valence-electron chi connectivity index (χ3n) is 20.7. The Morgan fingerprint density at radius 1 is 0.470 bits per heavy atom. The quantitative estimate of drug-likeness (QED) is 0.103. The number of rotatable bonds is 14. The second-order valence-electron chi connectivity index (χ2n) is 27.3. The molecule has 2 aliphatic carbocycles. The van der Waals surface area contributed by atoms with Gasteiger partial charge in [0, 0.05) is 102 Å². The summed E-state index contributed by atoms with van der Waals surface area (Å²) in [5.74, 6) is 0.202. The number of halogens is 2. The van der Waals surface area contributed by atoms with Gasteiger partial charge in [0.1, 0.15) is 34.7 Å². The lowest BCUT2D eigenvalue weighted by atomic mass is 9.90. The van der Waals surface area contributed by atoms with Crippen molar-refractivity contribution in [1.82, 2.24) is 67.8 Å². The van der Waals surface area contributed by atoms with Gasteiger partial charge in [0.15, 0.2) is 11.3 Å². The van der Waals surface area contributed by atoms with Crippen LogP contribution in [0.4, 0.5) is 8.78 Å². The van der Waals surface area contributed by atoms with Crippen LogP contribution in [0.3, 0.4) is 0 Å². The molecule has 0 atom stereocenters. The van der Waals surface area contributed by atoms with Crippen LogP contribution in [0.5, 0.6) is 0 Å². The average molecular weight is 1360 g/mol. The number of nitrogens with zero attached hydrogens (tertiary/aromatic N) is 12. The number of ether oxygens (including phenoxy) is 2. The zero-order chi connectivity index (χ0) is 68.4. The summed E-state index contributed by atoms with van der Waals surface area (Å²) < 4.78 is 49.5. The summed E-state index contributed by atoms with van der Waals surface area (Å²) in [6, 6.07) is 33.1. The summed E-state index contributed by atoms with van der Waals surface area (Å²) >= 11 is 0. The first-order valence-electron chi connectivity index (χ1n) is 35.2. The summed E-state index contributed by atoms with van der Waals surface area (Å²) in [6.45, 7) is 10.1. The predicted molar refractivity (Wildman–Crippen MR) is 374 cm³/mol. The van der Waals surface area contributed by atoms with Crippen molar-refractivity contribution in [3.8, 4) is 33.6 Å². The summed E-state index contributed by atoms with van der Waals surface area (Å²) in [5, 5.41) is 6.31. The van der Waals surface area contributed by atoms with Gasteiger partial charge in [0.25, 0.3) is 22.9 Å². The molecule has 2 saturated carbocycles. The molecule has 4 fully saturated rings. The Morgan fingerprint density at radius 2 is 0.870 bits per heavy atom. The monoisotopic (exact) mass is 1350 g/mol. The molecule has 516 valence electrons. The highest BCUT2D eigenvalue weighted by atomic mass is 19.1. The van der Waals surface area contributed by atoms with E-state index in [0.717, 1.165) is 176 Å². The molecule has 6 aromatic heterocycles. The number of imidazole rings is 2. The van der Waals surface area contributed by atoms with Crippen molar-refractivity contribution in [2.45, 2.75) is 140 Å². The number of hydrogen-bond donors (Lipinski definition) is 2. The van der Waals surface area contributed by atoms with E-state index in [2.05, 4.69) is 98.0 Å². The largest absolute Gasteiger partial charge is 0.379 e. The third kappa shape index (κ3) is 14.1. The highest BCUT2D eigenvalue weighted by Crippen LogP contribution is 2.32. The minimum Gasteiger partial charge on any atom is -0.379 e. The van der Waals surface area contributed by atoms with E-state index in [9.17, 15) is 37.5 Å².